The molecule has 1 saturated heterocycles. The Morgan fingerprint density at radius 2 is 1.95 bits per heavy atom. The van der Waals surface area contributed by atoms with Crippen LogP contribution < -0.4 is 5.32 Å². The van der Waals surface area contributed by atoms with Crippen molar-refractivity contribution in [2.24, 2.45) is 0 Å². The summed E-state index contributed by atoms with van der Waals surface area (Å²) in [5.41, 5.74) is 0.712. The third-order valence-electron chi connectivity index (χ3n) is 3.73. The highest BCUT2D eigenvalue weighted by Gasteiger charge is 2.24. The van der Waals surface area contributed by atoms with Crippen molar-refractivity contribution in [2.45, 2.75) is 13.5 Å². The fraction of sp³-hybridized carbons (Fsp3) is 0.571. The van der Waals surface area contributed by atoms with Crippen molar-refractivity contribution in [1.29, 1.82) is 0 Å². The van der Waals surface area contributed by atoms with Crippen LogP contribution in [0.15, 0.2) is 16.7 Å². The summed E-state index contributed by atoms with van der Waals surface area (Å²) >= 11 is 3.42. The molecule has 116 valence electrons. The molecule has 0 spiro atoms. The SMILES string of the molecule is CCn1cc(Br)cc1C(=O)N1CCN(CC(=O)NC)CC1. The molecule has 1 fully saturated rings. The molecule has 0 saturated carbocycles. The van der Waals surface area contributed by atoms with Crippen molar-refractivity contribution in [1.82, 2.24) is 19.7 Å². The molecule has 1 aromatic heterocycles. The van der Waals surface area contributed by atoms with Crippen LogP contribution in [0.1, 0.15) is 17.4 Å². The van der Waals surface area contributed by atoms with Gasteiger partial charge in [0.05, 0.1) is 6.54 Å². The van der Waals surface area contributed by atoms with Gasteiger partial charge < -0.3 is 14.8 Å². The molecule has 2 rings (SSSR count). The lowest BCUT2D eigenvalue weighted by Gasteiger charge is -2.34. The maximum atomic E-state index is 12.6. The van der Waals surface area contributed by atoms with E-state index in [1.54, 1.807) is 7.05 Å². The second-order valence-electron chi connectivity index (χ2n) is 5.07. The summed E-state index contributed by atoms with van der Waals surface area (Å²) in [6.45, 7) is 5.95. The summed E-state index contributed by atoms with van der Waals surface area (Å²) < 4.78 is 2.87. The Hall–Kier alpha value is -1.34. The number of halogens is 1. The maximum absolute atomic E-state index is 12.6. The van der Waals surface area contributed by atoms with E-state index in [-0.39, 0.29) is 11.8 Å². The topological polar surface area (TPSA) is 57.6 Å². The van der Waals surface area contributed by atoms with E-state index in [9.17, 15) is 9.59 Å². The van der Waals surface area contributed by atoms with Gasteiger partial charge in [0.2, 0.25) is 5.91 Å². The Bertz CT molecular complexity index is 521. The molecule has 6 nitrogen and oxygen atoms in total. The normalized spacial score (nSPS) is 16.0. The fourth-order valence-electron chi connectivity index (χ4n) is 2.47. The number of nitrogens with one attached hydrogen (secondary N) is 1. The van der Waals surface area contributed by atoms with Crippen LogP contribution in [0.4, 0.5) is 0 Å². The number of carbonyl (C=O) groups is 2. The first-order valence-electron chi connectivity index (χ1n) is 7.13. The Morgan fingerprint density at radius 1 is 1.29 bits per heavy atom. The van der Waals surface area contributed by atoms with Crippen molar-refractivity contribution >= 4 is 27.7 Å². The quantitative estimate of drug-likeness (QED) is 0.866. The summed E-state index contributed by atoms with van der Waals surface area (Å²) in [6.07, 6.45) is 1.93. The highest BCUT2D eigenvalue weighted by Crippen LogP contribution is 2.17. The molecule has 2 amide bonds. The van der Waals surface area contributed by atoms with Crippen molar-refractivity contribution in [2.75, 3.05) is 39.8 Å². The first kappa shape index (κ1) is 16.0. The van der Waals surface area contributed by atoms with Gasteiger partial charge in [-0.25, -0.2) is 0 Å². The Kier molecular flexibility index (Phi) is 5.41. The van der Waals surface area contributed by atoms with E-state index in [4.69, 9.17) is 0 Å². The van der Waals surface area contributed by atoms with Crippen molar-refractivity contribution in [3.8, 4) is 0 Å². The Morgan fingerprint density at radius 3 is 2.52 bits per heavy atom. The number of hydrogen-bond acceptors (Lipinski definition) is 3. The molecule has 0 aromatic carbocycles. The van der Waals surface area contributed by atoms with E-state index in [1.165, 1.54) is 0 Å². The number of amides is 2. The van der Waals surface area contributed by atoms with E-state index in [0.717, 1.165) is 24.1 Å². The number of rotatable bonds is 4. The molecule has 2 heterocycles. The van der Waals surface area contributed by atoms with Crippen LogP contribution in [0.2, 0.25) is 0 Å². The van der Waals surface area contributed by atoms with Gasteiger partial charge >= 0.3 is 0 Å². The number of nitrogens with zero attached hydrogens (tertiary/aromatic N) is 3. The largest absolute Gasteiger partial charge is 0.358 e. The highest BCUT2D eigenvalue weighted by atomic mass is 79.9. The van der Waals surface area contributed by atoms with Gasteiger partial charge in [0, 0.05) is 50.4 Å². The van der Waals surface area contributed by atoms with Gasteiger partial charge in [-0.15, -0.1) is 0 Å². The Labute approximate surface area is 133 Å². The van der Waals surface area contributed by atoms with Crippen LogP contribution in [0.5, 0.6) is 0 Å². The number of piperazine rings is 1. The van der Waals surface area contributed by atoms with Crippen LogP contribution >= 0.6 is 15.9 Å². The monoisotopic (exact) mass is 356 g/mol. The summed E-state index contributed by atoms with van der Waals surface area (Å²) in [4.78, 5) is 27.8. The number of likely N-dealkylation sites (N-methyl/N-ethyl adjacent to an activating group) is 1. The standard InChI is InChI=1S/C14H21BrN4O2/c1-3-18-9-11(15)8-12(18)14(21)19-6-4-17(5-7-19)10-13(20)16-2/h8-9H,3-7,10H2,1-2H3,(H,16,20). The Balaban J connectivity index is 1.95. The number of carbonyl (C=O) groups excluding carboxylic acids is 2. The van der Waals surface area contributed by atoms with E-state index >= 15 is 0 Å². The highest BCUT2D eigenvalue weighted by molar-refractivity contribution is 9.10. The lowest BCUT2D eigenvalue weighted by molar-refractivity contribution is -0.122. The zero-order valence-corrected chi connectivity index (χ0v) is 14.0. The minimum atomic E-state index is 0.0126. The molecule has 21 heavy (non-hydrogen) atoms. The zero-order valence-electron chi connectivity index (χ0n) is 12.4. The van der Waals surface area contributed by atoms with Crippen LogP contribution in [0.3, 0.4) is 0 Å². The van der Waals surface area contributed by atoms with E-state index in [2.05, 4.69) is 26.1 Å². The van der Waals surface area contributed by atoms with Gasteiger partial charge in [0.25, 0.3) is 5.91 Å². The minimum absolute atomic E-state index is 0.0126. The van der Waals surface area contributed by atoms with Crippen molar-refractivity contribution in [3.63, 3.8) is 0 Å². The van der Waals surface area contributed by atoms with Crippen LogP contribution in [-0.2, 0) is 11.3 Å². The smallest absolute Gasteiger partial charge is 0.270 e. The fourth-order valence-corrected chi connectivity index (χ4v) is 2.93. The van der Waals surface area contributed by atoms with E-state index < -0.39 is 0 Å². The predicted molar refractivity (Wildman–Crippen MR) is 84.2 cm³/mol. The van der Waals surface area contributed by atoms with E-state index in [1.807, 2.05) is 28.7 Å². The summed E-state index contributed by atoms with van der Waals surface area (Å²) in [5, 5.41) is 2.62. The molecule has 0 atom stereocenters. The molecule has 1 N–H and O–H groups in total. The average Bonchev–Trinajstić information content (AvgIpc) is 2.88. The maximum Gasteiger partial charge on any atom is 0.270 e. The third kappa shape index (κ3) is 3.85. The lowest BCUT2D eigenvalue weighted by Crippen LogP contribution is -2.51. The van der Waals surface area contributed by atoms with E-state index in [0.29, 0.717) is 25.3 Å². The van der Waals surface area contributed by atoms with Crippen LogP contribution in [-0.4, -0.2) is 66.0 Å². The van der Waals surface area contributed by atoms with Gasteiger partial charge in [0.15, 0.2) is 0 Å². The van der Waals surface area contributed by atoms with Crippen LogP contribution in [0.25, 0.3) is 0 Å². The molecule has 1 aromatic rings. The molecular weight excluding hydrogens is 336 g/mol. The predicted octanol–water partition coefficient (Wildman–Crippen LogP) is 0.774. The molecule has 1 aliphatic heterocycles. The van der Waals surface area contributed by atoms with Gasteiger partial charge in [-0.05, 0) is 28.9 Å². The zero-order chi connectivity index (χ0) is 15.4. The second-order valence-corrected chi connectivity index (χ2v) is 5.99. The first-order valence-corrected chi connectivity index (χ1v) is 7.92. The number of aryl methyl sites for hydroxylation is 1. The molecule has 0 aliphatic carbocycles. The molecule has 0 radical (unpaired) electrons. The molecule has 7 heteroatoms. The van der Waals surface area contributed by atoms with Gasteiger partial charge in [0.1, 0.15) is 5.69 Å². The molecule has 1 aliphatic rings. The van der Waals surface area contributed by atoms with Crippen molar-refractivity contribution in [3.05, 3.63) is 22.4 Å². The summed E-state index contributed by atoms with van der Waals surface area (Å²) in [5.74, 6) is 0.0701. The van der Waals surface area contributed by atoms with Gasteiger partial charge in [-0.3, -0.25) is 14.5 Å². The summed E-state index contributed by atoms with van der Waals surface area (Å²) in [6, 6.07) is 1.86. The van der Waals surface area contributed by atoms with Crippen LogP contribution in [0, 0.1) is 0 Å². The van der Waals surface area contributed by atoms with Gasteiger partial charge in [-0.1, -0.05) is 0 Å². The minimum Gasteiger partial charge on any atom is -0.358 e. The average molecular weight is 357 g/mol. The van der Waals surface area contributed by atoms with Crippen molar-refractivity contribution < 1.29 is 9.59 Å². The van der Waals surface area contributed by atoms with Gasteiger partial charge in [-0.2, -0.15) is 0 Å². The lowest BCUT2D eigenvalue weighted by atomic mass is 10.2. The molecule has 0 unspecified atom stereocenters. The number of aromatic nitrogens is 1. The summed E-state index contributed by atoms with van der Waals surface area (Å²) in [7, 11) is 1.64. The first-order chi connectivity index (χ1) is 10.0. The second kappa shape index (κ2) is 7.09. The molecular formula is C14H21BrN4O2. The molecule has 0 bridgehead atoms. The number of hydrogen-bond donors (Lipinski definition) is 1. The third-order valence-corrected chi connectivity index (χ3v) is 4.16.